The van der Waals surface area contributed by atoms with Gasteiger partial charge in [0.25, 0.3) is 0 Å². The minimum absolute atomic E-state index is 0.00463. The number of hydrogen-bond acceptors (Lipinski definition) is 7. The number of aliphatic hydroxyl groups excluding tert-OH is 2. The molecular formula is C19H30N2O5S. The van der Waals surface area contributed by atoms with Gasteiger partial charge in [0, 0.05) is 23.8 Å². The maximum atomic E-state index is 12.5. The summed E-state index contributed by atoms with van der Waals surface area (Å²) in [5, 5.41) is 36.5. The number of nitrogens with one attached hydrogen (secondary N) is 2. The van der Waals surface area contributed by atoms with E-state index in [-0.39, 0.29) is 34.5 Å². The van der Waals surface area contributed by atoms with Crippen LogP contribution in [0.2, 0.25) is 0 Å². The number of Topliss-reactive ketones (excluding diaryl/α,β-unsaturated/α-hetero) is 1. The van der Waals surface area contributed by atoms with E-state index in [0.29, 0.717) is 13.0 Å². The van der Waals surface area contributed by atoms with Crippen molar-refractivity contribution in [3.63, 3.8) is 0 Å². The molecule has 8 heteroatoms. The van der Waals surface area contributed by atoms with E-state index in [1.807, 2.05) is 14.0 Å². The van der Waals surface area contributed by atoms with E-state index in [0.717, 1.165) is 17.9 Å². The fourth-order valence-electron chi connectivity index (χ4n) is 4.94. The third kappa shape index (κ3) is 3.70. The minimum atomic E-state index is -1.02. The van der Waals surface area contributed by atoms with Crippen LogP contribution in [-0.4, -0.2) is 70.7 Å². The quantitative estimate of drug-likeness (QED) is 0.394. The van der Waals surface area contributed by atoms with Crippen LogP contribution < -0.4 is 10.6 Å². The molecule has 27 heavy (non-hydrogen) atoms. The van der Waals surface area contributed by atoms with Crippen LogP contribution in [0.5, 0.6) is 0 Å². The van der Waals surface area contributed by atoms with Gasteiger partial charge in [0.2, 0.25) is 0 Å². The first-order chi connectivity index (χ1) is 12.8. The smallest absolute Gasteiger partial charge is 0.333 e. The zero-order valence-corrected chi connectivity index (χ0v) is 16.8. The fraction of sp³-hybridized carbons (Fsp3) is 0.789. The van der Waals surface area contributed by atoms with Crippen molar-refractivity contribution in [2.75, 3.05) is 20.1 Å². The van der Waals surface area contributed by atoms with Gasteiger partial charge >= 0.3 is 5.97 Å². The third-order valence-electron chi connectivity index (χ3n) is 6.32. The summed E-state index contributed by atoms with van der Waals surface area (Å²) in [6, 6.07) is 0.00463. The predicted octanol–water partition coefficient (Wildman–Crippen LogP) is 0.221. The van der Waals surface area contributed by atoms with Gasteiger partial charge in [-0.1, -0.05) is 6.92 Å². The maximum Gasteiger partial charge on any atom is 0.333 e. The Morgan fingerprint density at radius 3 is 2.70 bits per heavy atom. The Hall–Kier alpha value is -0.930. The van der Waals surface area contributed by atoms with E-state index in [4.69, 9.17) is 0 Å². The van der Waals surface area contributed by atoms with Crippen LogP contribution in [0.15, 0.2) is 10.5 Å². The number of hydrogen-bond donors (Lipinski definition) is 5. The highest BCUT2D eigenvalue weighted by atomic mass is 32.2. The van der Waals surface area contributed by atoms with Crippen LogP contribution >= 0.6 is 11.8 Å². The summed E-state index contributed by atoms with van der Waals surface area (Å²) in [6.07, 6.45) is 0.247. The standard InChI is InChI=1S/C19H30N2O5S/c1-8-13-14(9(2)22)17(24)15(13)16(19(25)26)18(8)27-10-6-11(21-7-10)12(23)4-5-20-3/h8-15,20-23H,4-7H2,1-3H3,(H,25,26)/t8-,9-,10+,11+,12-,13-,14-,15?/m1/s1. The van der Waals surface area contributed by atoms with Crippen molar-refractivity contribution in [3.8, 4) is 0 Å². The first-order valence-electron chi connectivity index (χ1n) is 9.69. The van der Waals surface area contributed by atoms with E-state index in [1.54, 1.807) is 18.7 Å². The van der Waals surface area contributed by atoms with Crippen molar-refractivity contribution in [3.05, 3.63) is 10.5 Å². The Kier molecular flexibility index (Phi) is 6.32. The van der Waals surface area contributed by atoms with Gasteiger partial charge in [-0.05, 0) is 50.1 Å². The van der Waals surface area contributed by atoms with E-state index in [2.05, 4.69) is 10.6 Å². The Bertz CT molecular complexity index is 638. The number of ketones is 1. The number of carbonyl (C=O) groups is 2. The molecule has 0 amide bonds. The summed E-state index contributed by atoms with van der Waals surface area (Å²) < 4.78 is 0. The van der Waals surface area contributed by atoms with E-state index in [9.17, 15) is 24.9 Å². The lowest BCUT2D eigenvalue weighted by Gasteiger charge is -2.43. The average molecular weight is 399 g/mol. The lowest BCUT2D eigenvalue weighted by Crippen LogP contribution is -2.53. The van der Waals surface area contributed by atoms with Crippen LogP contribution in [0, 0.1) is 23.7 Å². The largest absolute Gasteiger partial charge is 0.478 e. The van der Waals surface area contributed by atoms with Crippen LogP contribution in [-0.2, 0) is 9.59 Å². The average Bonchev–Trinajstić information content (AvgIpc) is 3.15. The van der Waals surface area contributed by atoms with Gasteiger partial charge in [0.05, 0.1) is 23.7 Å². The van der Waals surface area contributed by atoms with E-state index < -0.39 is 30.0 Å². The zero-order valence-electron chi connectivity index (χ0n) is 16.0. The summed E-state index contributed by atoms with van der Waals surface area (Å²) in [6.45, 7) is 5.03. The third-order valence-corrected chi connectivity index (χ3v) is 7.86. The van der Waals surface area contributed by atoms with Crippen LogP contribution in [0.25, 0.3) is 0 Å². The molecule has 0 aromatic rings. The molecule has 8 atom stereocenters. The van der Waals surface area contributed by atoms with Crippen molar-refractivity contribution in [1.82, 2.24) is 10.6 Å². The fourth-order valence-corrected chi connectivity index (χ4v) is 6.50. The number of fused-ring (bicyclic) bond motifs is 1. The molecule has 0 aromatic heterocycles. The van der Waals surface area contributed by atoms with Gasteiger partial charge in [0.15, 0.2) is 0 Å². The number of aliphatic hydroxyl groups is 2. The molecule has 0 spiro atoms. The van der Waals surface area contributed by atoms with Crippen LogP contribution in [0.3, 0.4) is 0 Å². The van der Waals surface area contributed by atoms with Crippen molar-refractivity contribution >= 4 is 23.5 Å². The van der Waals surface area contributed by atoms with Gasteiger partial charge in [-0.15, -0.1) is 11.8 Å². The molecule has 3 rings (SSSR count). The minimum Gasteiger partial charge on any atom is -0.478 e. The van der Waals surface area contributed by atoms with E-state index in [1.165, 1.54) is 0 Å². The second kappa shape index (κ2) is 8.21. The normalized spacial score (nSPS) is 37.9. The number of rotatable bonds is 8. The summed E-state index contributed by atoms with van der Waals surface area (Å²) in [7, 11) is 1.85. The number of allylic oxidation sites excluding steroid dienone is 1. The Balaban J connectivity index is 1.71. The van der Waals surface area contributed by atoms with Crippen molar-refractivity contribution in [2.24, 2.45) is 23.7 Å². The van der Waals surface area contributed by atoms with Crippen molar-refractivity contribution < 1.29 is 24.9 Å². The van der Waals surface area contributed by atoms with Gasteiger partial charge in [-0.2, -0.15) is 0 Å². The summed E-state index contributed by atoms with van der Waals surface area (Å²) in [5.74, 6) is -2.36. The number of carboxylic acids is 1. The SMILES string of the molecule is CNCC[C@@H](O)[C@@H]1C[C@H](SC2=C(C(=O)O)C3C(=O)[C@H]([C@@H](C)O)[C@H]3[C@H]2C)CN1. The lowest BCUT2D eigenvalue weighted by molar-refractivity contribution is -0.151. The molecule has 7 nitrogen and oxygen atoms in total. The Morgan fingerprint density at radius 2 is 2.11 bits per heavy atom. The second-order valence-electron chi connectivity index (χ2n) is 8.05. The zero-order chi connectivity index (χ0) is 19.9. The molecular weight excluding hydrogens is 368 g/mol. The molecule has 0 radical (unpaired) electrons. The molecule has 1 saturated heterocycles. The first kappa shape index (κ1) is 20.8. The molecule has 1 unspecified atom stereocenters. The molecule has 1 saturated carbocycles. The first-order valence-corrected chi connectivity index (χ1v) is 10.6. The van der Waals surface area contributed by atoms with Gasteiger partial charge < -0.3 is 26.0 Å². The molecule has 1 aliphatic heterocycles. The topological polar surface area (TPSA) is 119 Å². The molecule has 152 valence electrons. The predicted molar refractivity (Wildman–Crippen MR) is 103 cm³/mol. The Labute approximate surface area is 164 Å². The van der Waals surface area contributed by atoms with Gasteiger partial charge in [0.1, 0.15) is 5.78 Å². The van der Waals surface area contributed by atoms with Gasteiger partial charge in [-0.25, -0.2) is 4.79 Å². The lowest BCUT2D eigenvalue weighted by atomic mass is 9.59. The van der Waals surface area contributed by atoms with Crippen LogP contribution in [0.1, 0.15) is 26.7 Å². The highest BCUT2D eigenvalue weighted by molar-refractivity contribution is 8.03. The molecule has 0 aromatic carbocycles. The summed E-state index contributed by atoms with van der Waals surface area (Å²) >= 11 is 1.54. The number of thioether (sulfide) groups is 1. The van der Waals surface area contributed by atoms with E-state index >= 15 is 0 Å². The highest BCUT2D eigenvalue weighted by Crippen LogP contribution is 2.58. The molecule has 5 N–H and O–H groups in total. The molecule has 2 fully saturated rings. The second-order valence-corrected chi connectivity index (χ2v) is 9.39. The van der Waals surface area contributed by atoms with Crippen LogP contribution in [0.4, 0.5) is 0 Å². The van der Waals surface area contributed by atoms with Crippen molar-refractivity contribution in [2.45, 2.75) is 50.2 Å². The number of carboxylic acid groups (broad SMARTS) is 1. The van der Waals surface area contributed by atoms with Gasteiger partial charge in [-0.3, -0.25) is 4.79 Å². The Morgan fingerprint density at radius 1 is 1.41 bits per heavy atom. The molecule has 0 bridgehead atoms. The maximum absolute atomic E-state index is 12.5. The molecule has 2 aliphatic carbocycles. The highest BCUT2D eigenvalue weighted by Gasteiger charge is 2.61. The summed E-state index contributed by atoms with van der Waals surface area (Å²) in [4.78, 5) is 25.1. The molecule has 3 aliphatic rings. The number of aliphatic carboxylic acids is 1. The number of carbonyl (C=O) groups excluding carboxylic acids is 1. The molecule has 1 heterocycles. The monoisotopic (exact) mass is 398 g/mol. The van der Waals surface area contributed by atoms with Crippen molar-refractivity contribution in [1.29, 1.82) is 0 Å². The summed E-state index contributed by atoms with van der Waals surface area (Å²) in [5.41, 5.74) is 0.235.